The van der Waals surface area contributed by atoms with Gasteiger partial charge in [0.05, 0.1) is 25.1 Å². The average Bonchev–Trinajstić information content (AvgIpc) is 3.31. The van der Waals surface area contributed by atoms with E-state index < -0.39 is 0 Å². The van der Waals surface area contributed by atoms with E-state index in [-0.39, 0.29) is 12.1 Å². The standard InChI is InChI=1S/C21H22O4/c1-16(4-2-5-17-8-10-23-14-17)12-20-13-19(21(22)25-20)7-3-6-18-9-11-24-15-18/h3-4,6,8-11,13-15,20H,2,5,7,12H2,1H3/b6-3+,16-4+/t20-/m1/s1. The lowest BCUT2D eigenvalue weighted by molar-refractivity contribution is -0.139. The fourth-order valence-corrected chi connectivity index (χ4v) is 2.80. The highest BCUT2D eigenvalue weighted by molar-refractivity contribution is 5.91. The highest BCUT2D eigenvalue weighted by Gasteiger charge is 2.24. The highest BCUT2D eigenvalue weighted by Crippen LogP contribution is 2.23. The van der Waals surface area contributed by atoms with Gasteiger partial charge in [-0.1, -0.05) is 23.8 Å². The molecule has 0 amide bonds. The molecule has 0 radical (unpaired) electrons. The van der Waals surface area contributed by atoms with Crippen LogP contribution in [0.15, 0.2) is 75.4 Å². The Morgan fingerprint density at radius 2 is 2.04 bits per heavy atom. The van der Waals surface area contributed by atoms with Gasteiger partial charge in [-0.25, -0.2) is 4.79 Å². The maximum atomic E-state index is 12.0. The molecule has 1 aliphatic rings. The molecule has 0 bridgehead atoms. The number of hydrogen-bond donors (Lipinski definition) is 0. The fraction of sp³-hybridized carbons (Fsp3) is 0.286. The van der Waals surface area contributed by atoms with Crippen molar-refractivity contribution in [1.82, 2.24) is 0 Å². The van der Waals surface area contributed by atoms with Crippen LogP contribution < -0.4 is 0 Å². The number of hydrogen-bond acceptors (Lipinski definition) is 4. The first-order valence-corrected chi connectivity index (χ1v) is 8.48. The molecule has 0 saturated carbocycles. The van der Waals surface area contributed by atoms with Crippen molar-refractivity contribution in [2.75, 3.05) is 0 Å². The van der Waals surface area contributed by atoms with Crippen molar-refractivity contribution in [3.63, 3.8) is 0 Å². The summed E-state index contributed by atoms with van der Waals surface area (Å²) in [5, 5.41) is 0. The molecule has 0 fully saturated rings. The summed E-state index contributed by atoms with van der Waals surface area (Å²) < 4.78 is 15.5. The van der Waals surface area contributed by atoms with E-state index in [9.17, 15) is 4.79 Å². The Hall–Kier alpha value is -2.75. The summed E-state index contributed by atoms with van der Waals surface area (Å²) in [5.41, 5.74) is 4.13. The maximum absolute atomic E-state index is 12.0. The van der Waals surface area contributed by atoms with E-state index in [1.165, 1.54) is 11.1 Å². The second kappa shape index (κ2) is 8.38. The van der Waals surface area contributed by atoms with Crippen molar-refractivity contribution in [1.29, 1.82) is 0 Å². The smallest absolute Gasteiger partial charge is 0.334 e. The molecule has 25 heavy (non-hydrogen) atoms. The second-order valence-corrected chi connectivity index (χ2v) is 6.22. The van der Waals surface area contributed by atoms with Crippen LogP contribution in [-0.4, -0.2) is 12.1 Å². The van der Waals surface area contributed by atoms with Crippen LogP contribution in [0.1, 0.15) is 37.3 Å². The van der Waals surface area contributed by atoms with Gasteiger partial charge in [0.15, 0.2) is 0 Å². The lowest BCUT2D eigenvalue weighted by Gasteiger charge is -2.08. The first kappa shape index (κ1) is 17.1. The summed E-state index contributed by atoms with van der Waals surface area (Å²) in [5.74, 6) is -0.215. The van der Waals surface area contributed by atoms with Gasteiger partial charge in [-0.05, 0) is 50.0 Å². The third-order valence-electron chi connectivity index (χ3n) is 4.13. The number of ether oxygens (including phenoxy) is 1. The number of carbonyl (C=O) groups is 1. The average molecular weight is 338 g/mol. The lowest BCUT2D eigenvalue weighted by Crippen LogP contribution is -2.08. The van der Waals surface area contributed by atoms with Crippen LogP contribution in [0.25, 0.3) is 6.08 Å². The molecule has 0 spiro atoms. The number of esters is 1. The van der Waals surface area contributed by atoms with E-state index >= 15 is 0 Å². The number of rotatable bonds is 8. The van der Waals surface area contributed by atoms with E-state index in [1.807, 2.05) is 30.4 Å². The summed E-state index contributed by atoms with van der Waals surface area (Å²) in [6, 6.07) is 3.85. The molecule has 130 valence electrons. The minimum Gasteiger partial charge on any atom is -0.472 e. The molecule has 0 aromatic carbocycles. The normalized spacial score (nSPS) is 18.0. The van der Waals surface area contributed by atoms with Gasteiger partial charge in [0.25, 0.3) is 0 Å². The van der Waals surface area contributed by atoms with Gasteiger partial charge in [-0.2, -0.15) is 0 Å². The summed E-state index contributed by atoms with van der Waals surface area (Å²) >= 11 is 0. The Kier molecular flexibility index (Phi) is 5.73. The zero-order chi connectivity index (χ0) is 17.5. The molecule has 1 atom stereocenters. The Labute approximate surface area is 147 Å². The highest BCUT2D eigenvalue weighted by atomic mass is 16.5. The van der Waals surface area contributed by atoms with Crippen molar-refractivity contribution in [3.05, 3.63) is 77.7 Å². The van der Waals surface area contributed by atoms with Crippen molar-refractivity contribution in [3.8, 4) is 0 Å². The summed E-state index contributed by atoms with van der Waals surface area (Å²) in [6.45, 7) is 2.08. The van der Waals surface area contributed by atoms with Gasteiger partial charge < -0.3 is 13.6 Å². The van der Waals surface area contributed by atoms with Crippen molar-refractivity contribution >= 4 is 12.0 Å². The second-order valence-electron chi connectivity index (χ2n) is 6.22. The molecule has 4 nitrogen and oxygen atoms in total. The molecule has 0 N–H and O–H groups in total. The molecule has 0 aliphatic carbocycles. The minimum atomic E-state index is -0.215. The van der Waals surface area contributed by atoms with E-state index in [4.69, 9.17) is 13.6 Å². The Bertz CT molecular complexity index is 761. The molecule has 3 heterocycles. The van der Waals surface area contributed by atoms with Crippen LogP contribution in [0.4, 0.5) is 0 Å². The quantitative estimate of drug-likeness (QED) is 0.496. The summed E-state index contributed by atoms with van der Waals surface area (Å²) in [6.07, 6.45) is 17.9. The molecular weight excluding hydrogens is 316 g/mol. The number of cyclic esters (lactones) is 1. The van der Waals surface area contributed by atoms with E-state index in [2.05, 4.69) is 13.0 Å². The molecular formula is C21H22O4. The predicted octanol–water partition coefficient (Wildman–Crippen LogP) is 5.10. The number of furan rings is 2. The first-order valence-electron chi connectivity index (χ1n) is 8.48. The Balaban J connectivity index is 1.47. The van der Waals surface area contributed by atoms with Gasteiger partial charge >= 0.3 is 5.97 Å². The largest absolute Gasteiger partial charge is 0.472 e. The third kappa shape index (κ3) is 5.11. The number of allylic oxidation sites excluding steroid dienone is 2. The van der Waals surface area contributed by atoms with Gasteiger partial charge in [0, 0.05) is 17.6 Å². The molecule has 0 saturated heterocycles. The summed E-state index contributed by atoms with van der Waals surface area (Å²) in [4.78, 5) is 12.0. The Morgan fingerprint density at radius 3 is 2.80 bits per heavy atom. The van der Waals surface area contributed by atoms with Gasteiger partial charge in [0.2, 0.25) is 0 Å². The maximum Gasteiger partial charge on any atom is 0.334 e. The zero-order valence-electron chi connectivity index (χ0n) is 14.3. The molecule has 4 heteroatoms. The number of aryl methyl sites for hydroxylation is 1. The van der Waals surface area contributed by atoms with Crippen LogP contribution in [0.3, 0.4) is 0 Å². The third-order valence-corrected chi connectivity index (χ3v) is 4.13. The van der Waals surface area contributed by atoms with Crippen LogP contribution in [0.2, 0.25) is 0 Å². The monoisotopic (exact) mass is 338 g/mol. The van der Waals surface area contributed by atoms with E-state index in [0.29, 0.717) is 6.42 Å². The molecule has 3 rings (SSSR count). The molecule has 1 aliphatic heterocycles. The Morgan fingerprint density at radius 1 is 1.20 bits per heavy atom. The van der Waals surface area contributed by atoms with Crippen molar-refractivity contribution < 1.29 is 18.4 Å². The van der Waals surface area contributed by atoms with Crippen LogP contribution in [0.5, 0.6) is 0 Å². The van der Waals surface area contributed by atoms with Gasteiger partial charge in [-0.15, -0.1) is 0 Å². The zero-order valence-corrected chi connectivity index (χ0v) is 14.3. The van der Waals surface area contributed by atoms with Crippen LogP contribution in [-0.2, 0) is 16.0 Å². The van der Waals surface area contributed by atoms with Crippen molar-refractivity contribution in [2.45, 2.75) is 38.7 Å². The van der Waals surface area contributed by atoms with Crippen LogP contribution in [0, 0.1) is 0 Å². The predicted molar refractivity (Wildman–Crippen MR) is 95.7 cm³/mol. The fourth-order valence-electron chi connectivity index (χ4n) is 2.80. The van der Waals surface area contributed by atoms with Gasteiger partial charge in [-0.3, -0.25) is 0 Å². The minimum absolute atomic E-state index is 0.157. The van der Waals surface area contributed by atoms with Crippen LogP contribution >= 0.6 is 0 Å². The molecule has 0 unspecified atom stereocenters. The van der Waals surface area contributed by atoms with E-state index in [1.54, 1.807) is 25.1 Å². The molecule has 2 aromatic rings. The molecule has 2 aromatic heterocycles. The first-order chi connectivity index (χ1) is 12.2. The van der Waals surface area contributed by atoms with E-state index in [0.717, 1.165) is 30.4 Å². The van der Waals surface area contributed by atoms with Gasteiger partial charge in [0.1, 0.15) is 6.10 Å². The SMILES string of the molecule is C/C(=C\CCc1ccoc1)C[C@@H]1C=C(C/C=C/c2ccoc2)C(=O)O1. The number of carbonyl (C=O) groups excluding carboxylic acids is 1. The summed E-state index contributed by atoms with van der Waals surface area (Å²) in [7, 11) is 0. The van der Waals surface area contributed by atoms with Crippen molar-refractivity contribution in [2.24, 2.45) is 0 Å². The lowest BCUT2D eigenvalue weighted by atomic mass is 10.1. The topological polar surface area (TPSA) is 52.6 Å².